The van der Waals surface area contributed by atoms with Crippen molar-refractivity contribution in [2.75, 3.05) is 10.8 Å². The highest BCUT2D eigenvalue weighted by Gasteiger charge is 2.28. The normalized spacial score (nSPS) is 12.3. The van der Waals surface area contributed by atoms with Crippen LogP contribution in [-0.4, -0.2) is 20.9 Å². The molecule has 3 aromatic carbocycles. The fourth-order valence-electron chi connectivity index (χ4n) is 3.98. The minimum absolute atomic E-state index is 0.155. The summed E-state index contributed by atoms with van der Waals surface area (Å²) in [6.45, 7) is 13.5. The van der Waals surface area contributed by atoms with E-state index in [0.29, 0.717) is 5.69 Å². The van der Waals surface area contributed by atoms with Crippen LogP contribution in [0.2, 0.25) is 0 Å². The van der Waals surface area contributed by atoms with Crippen molar-refractivity contribution in [1.29, 1.82) is 0 Å². The standard InChI is InChI=1S/C28H34N2O3S/c1-18-8-12-26(13-9-18)34(32,33)30(25-11-10-19(2)21(4)15-25)17-28(31)29-24(7)27-16-22(5)20(3)14-23(27)6/h8-16,24H,17H2,1-7H3,(H,29,31)/t24-/m1/s1. The third-order valence-electron chi connectivity index (χ3n) is 6.40. The van der Waals surface area contributed by atoms with E-state index in [0.717, 1.165) is 33.4 Å². The van der Waals surface area contributed by atoms with E-state index in [1.807, 2.05) is 53.7 Å². The molecule has 3 rings (SSSR count). The summed E-state index contributed by atoms with van der Waals surface area (Å²) < 4.78 is 28.4. The van der Waals surface area contributed by atoms with E-state index in [9.17, 15) is 13.2 Å². The first-order valence-electron chi connectivity index (χ1n) is 11.4. The molecule has 5 nitrogen and oxygen atoms in total. The van der Waals surface area contributed by atoms with Crippen molar-refractivity contribution >= 4 is 21.6 Å². The monoisotopic (exact) mass is 478 g/mol. The average molecular weight is 479 g/mol. The van der Waals surface area contributed by atoms with E-state index in [1.165, 1.54) is 9.87 Å². The highest BCUT2D eigenvalue weighted by molar-refractivity contribution is 7.92. The number of rotatable bonds is 7. The first-order chi connectivity index (χ1) is 15.9. The van der Waals surface area contributed by atoms with Crippen molar-refractivity contribution in [1.82, 2.24) is 5.32 Å². The predicted octanol–water partition coefficient (Wildman–Crippen LogP) is 5.61. The average Bonchev–Trinajstić information content (AvgIpc) is 2.76. The molecule has 0 saturated heterocycles. The maximum atomic E-state index is 13.6. The number of aryl methyl sites for hydroxylation is 6. The van der Waals surface area contributed by atoms with Gasteiger partial charge in [-0.1, -0.05) is 35.9 Å². The van der Waals surface area contributed by atoms with Gasteiger partial charge in [-0.25, -0.2) is 8.42 Å². The Kier molecular flexibility index (Phi) is 7.51. The van der Waals surface area contributed by atoms with Crippen LogP contribution in [0.25, 0.3) is 0 Å². The first kappa shape index (κ1) is 25.5. The van der Waals surface area contributed by atoms with E-state index < -0.39 is 10.0 Å². The summed E-state index contributed by atoms with van der Waals surface area (Å²) in [4.78, 5) is 13.3. The highest BCUT2D eigenvalue weighted by Crippen LogP contribution is 2.27. The molecule has 0 fully saturated rings. The van der Waals surface area contributed by atoms with Crippen molar-refractivity contribution in [2.24, 2.45) is 0 Å². The molecule has 3 aromatic rings. The largest absolute Gasteiger partial charge is 0.348 e. The lowest BCUT2D eigenvalue weighted by atomic mass is 9.96. The molecule has 0 aliphatic carbocycles. The van der Waals surface area contributed by atoms with Crippen LogP contribution in [0.3, 0.4) is 0 Å². The van der Waals surface area contributed by atoms with Crippen LogP contribution in [-0.2, 0) is 14.8 Å². The zero-order chi connectivity index (χ0) is 25.2. The van der Waals surface area contributed by atoms with Gasteiger partial charge >= 0.3 is 0 Å². The fourth-order valence-corrected chi connectivity index (χ4v) is 5.39. The van der Waals surface area contributed by atoms with Crippen molar-refractivity contribution in [2.45, 2.75) is 59.4 Å². The number of amides is 1. The van der Waals surface area contributed by atoms with Crippen LogP contribution < -0.4 is 9.62 Å². The van der Waals surface area contributed by atoms with Gasteiger partial charge in [0.25, 0.3) is 10.0 Å². The Morgan fingerprint density at radius 1 is 0.794 bits per heavy atom. The van der Waals surface area contributed by atoms with Gasteiger partial charge in [0.2, 0.25) is 5.91 Å². The Labute approximate surface area is 203 Å². The van der Waals surface area contributed by atoms with Crippen molar-refractivity contribution < 1.29 is 13.2 Å². The van der Waals surface area contributed by atoms with Gasteiger partial charge in [-0.05, 0) is 106 Å². The summed E-state index contributed by atoms with van der Waals surface area (Å²) in [5.41, 5.74) is 7.91. The molecule has 0 unspecified atom stereocenters. The molecular weight excluding hydrogens is 444 g/mol. The Morgan fingerprint density at radius 3 is 2.00 bits per heavy atom. The van der Waals surface area contributed by atoms with Crippen LogP contribution >= 0.6 is 0 Å². The molecule has 6 heteroatoms. The molecule has 0 aliphatic heterocycles. The van der Waals surface area contributed by atoms with E-state index in [-0.39, 0.29) is 23.4 Å². The molecule has 0 saturated carbocycles. The molecule has 0 aliphatic rings. The summed E-state index contributed by atoms with van der Waals surface area (Å²) >= 11 is 0. The van der Waals surface area contributed by atoms with Crippen LogP contribution in [0.4, 0.5) is 5.69 Å². The Balaban J connectivity index is 1.94. The van der Waals surface area contributed by atoms with Crippen LogP contribution in [0, 0.1) is 41.5 Å². The van der Waals surface area contributed by atoms with E-state index in [4.69, 9.17) is 0 Å². The van der Waals surface area contributed by atoms with Gasteiger partial charge in [0.05, 0.1) is 16.6 Å². The third-order valence-corrected chi connectivity index (χ3v) is 8.19. The first-order valence-corrected chi connectivity index (χ1v) is 12.9. The van der Waals surface area contributed by atoms with E-state index >= 15 is 0 Å². The number of hydrogen-bond acceptors (Lipinski definition) is 3. The number of hydrogen-bond donors (Lipinski definition) is 1. The predicted molar refractivity (Wildman–Crippen MR) is 139 cm³/mol. The molecule has 0 bridgehead atoms. The summed E-state index contributed by atoms with van der Waals surface area (Å²) in [7, 11) is -3.94. The second-order valence-electron chi connectivity index (χ2n) is 9.18. The minimum atomic E-state index is -3.94. The summed E-state index contributed by atoms with van der Waals surface area (Å²) in [5, 5.41) is 3.00. The van der Waals surface area contributed by atoms with E-state index in [1.54, 1.807) is 30.3 Å². The summed E-state index contributed by atoms with van der Waals surface area (Å²) in [5.74, 6) is -0.362. The molecule has 180 valence electrons. The second-order valence-corrected chi connectivity index (χ2v) is 11.0. The van der Waals surface area contributed by atoms with Gasteiger partial charge < -0.3 is 5.32 Å². The molecule has 1 N–H and O–H groups in total. The van der Waals surface area contributed by atoms with Gasteiger partial charge in [0.15, 0.2) is 0 Å². The van der Waals surface area contributed by atoms with Crippen LogP contribution in [0.1, 0.15) is 51.9 Å². The molecule has 0 spiro atoms. The highest BCUT2D eigenvalue weighted by atomic mass is 32.2. The Hall–Kier alpha value is -3.12. The number of carbonyl (C=O) groups is 1. The summed E-state index contributed by atoms with van der Waals surface area (Å²) in [6.07, 6.45) is 0. The minimum Gasteiger partial charge on any atom is -0.348 e. The Morgan fingerprint density at radius 2 is 1.38 bits per heavy atom. The lowest BCUT2D eigenvalue weighted by molar-refractivity contribution is -0.120. The molecule has 1 amide bonds. The number of benzene rings is 3. The number of carbonyl (C=O) groups excluding carboxylic acids is 1. The molecule has 0 radical (unpaired) electrons. The van der Waals surface area contributed by atoms with Gasteiger partial charge in [0, 0.05) is 0 Å². The molecule has 1 atom stereocenters. The maximum Gasteiger partial charge on any atom is 0.264 e. The summed E-state index contributed by atoms with van der Waals surface area (Å²) in [6, 6.07) is 16.1. The third kappa shape index (κ3) is 5.50. The maximum absolute atomic E-state index is 13.6. The zero-order valence-electron chi connectivity index (χ0n) is 21.1. The lowest BCUT2D eigenvalue weighted by Crippen LogP contribution is -2.41. The molecule has 0 aromatic heterocycles. The molecular formula is C28H34N2O3S. The van der Waals surface area contributed by atoms with E-state index in [2.05, 4.69) is 24.4 Å². The number of anilines is 1. The fraction of sp³-hybridized carbons (Fsp3) is 0.321. The smallest absolute Gasteiger partial charge is 0.264 e. The lowest BCUT2D eigenvalue weighted by Gasteiger charge is -2.26. The topological polar surface area (TPSA) is 66.5 Å². The molecule has 0 heterocycles. The van der Waals surface area contributed by atoms with Crippen molar-refractivity contribution in [3.63, 3.8) is 0 Å². The van der Waals surface area contributed by atoms with Crippen molar-refractivity contribution in [3.05, 3.63) is 93.5 Å². The number of nitrogens with zero attached hydrogens (tertiary/aromatic N) is 1. The van der Waals surface area contributed by atoms with Gasteiger partial charge in [-0.2, -0.15) is 0 Å². The molecule has 34 heavy (non-hydrogen) atoms. The number of sulfonamides is 1. The van der Waals surface area contributed by atoms with Gasteiger partial charge in [0.1, 0.15) is 6.54 Å². The van der Waals surface area contributed by atoms with Crippen molar-refractivity contribution in [3.8, 4) is 0 Å². The van der Waals surface area contributed by atoms with Crippen LogP contribution in [0.5, 0.6) is 0 Å². The Bertz CT molecular complexity index is 1310. The van der Waals surface area contributed by atoms with Gasteiger partial charge in [-0.3, -0.25) is 9.10 Å². The SMILES string of the molecule is Cc1ccc(S(=O)(=O)N(CC(=O)N[C@H](C)c2cc(C)c(C)cc2C)c2ccc(C)c(C)c2)cc1. The zero-order valence-corrected chi connectivity index (χ0v) is 21.9. The quantitative estimate of drug-likeness (QED) is 0.480. The van der Waals surface area contributed by atoms with Crippen LogP contribution in [0.15, 0.2) is 59.5 Å². The second kappa shape index (κ2) is 10.0. The van der Waals surface area contributed by atoms with Gasteiger partial charge in [-0.15, -0.1) is 0 Å². The number of nitrogens with one attached hydrogen (secondary N) is 1.